The number of aromatic amines is 1. The molecule has 4 rings (SSSR count). The van der Waals surface area contributed by atoms with E-state index in [1.807, 2.05) is 0 Å². The number of H-pyrrole nitrogens is 1. The molecule has 2 aliphatic carbocycles. The fourth-order valence-corrected chi connectivity index (χ4v) is 4.82. The summed E-state index contributed by atoms with van der Waals surface area (Å²) < 4.78 is 54.8. The number of halogens is 4. The van der Waals surface area contributed by atoms with Gasteiger partial charge in [0.1, 0.15) is 5.69 Å². The van der Waals surface area contributed by atoms with Crippen molar-refractivity contribution < 1.29 is 22.4 Å². The van der Waals surface area contributed by atoms with E-state index in [0.717, 1.165) is 0 Å². The summed E-state index contributed by atoms with van der Waals surface area (Å²) in [6.07, 6.45) is 0.789. The molecule has 0 aromatic carbocycles. The van der Waals surface area contributed by atoms with Crippen molar-refractivity contribution in [1.82, 2.24) is 9.97 Å². The molecule has 0 aliphatic heterocycles. The number of fused-ring (bicyclic) bond motifs is 1. The molecule has 9 heteroatoms. The van der Waals surface area contributed by atoms with Gasteiger partial charge in [-0.15, -0.1) is 0 Å². The highest BCUT2D eigenvalue weighted by Crippen LogP contribution is 2.51. The van der Waals surface area contributed by atoms with Crippen molar-refractivity contribution in [2.24, 2.45) is 17.6 Å². The van der Waals surface area contributed by atoms with Crippen LogP contribution in [0.4, 0.5) is 17.6 Å². The lowest BCUT2D eigenvalue weighted by molar-refractivity contribution is -0.121. The molecule has 0 saturated heterocycles. The first-order valence-electron chi connectivity index (χ1n) is 9.62. The van der Waals surface area contributed by atoms with E-state index in [9.17, 15) is 27.2 Å². The minimum atomic E-state index is -2.88. The van der Waals surface area contributed by atoms with Gasteiger partial charge in [0.15, 0.2) is 5.43 Å². The van der Waals surface area contributed by atoms with E-state index >= 15 is 0 Å². The average Bonchev–Trinajstić information content (AvgIpc) is 2.60. The number of rotatable bonds is 4. The Labute approximate surface area is 163 Å². The van der Waals surface area contributed by atoms with Crippen LogP contribution in [0.25, 0.3) is 10.9 Å². The molecule has 2 heterocycles. The molecule has 2 atom stereocenters. The minimum Gasteiger partial charge on any atom is -0.364 e. The second-order valence-corrected chi connectivity index (χ2v) is 8.37. The molecular weight excluding hydrogens is 390 g/mol. The van der Waals surface area contributed by atoms with Crippen molar-refractivity contribution in [2.75, 3.05) is 0 Å². The van der Waals surface area contributed by atoms with Crippen molar-refractivity contribution in [2.45, 2.75) is 56.3 Å². The number of hydrogen-bond acceptors (Lipinski definition) is 3. The second-order valence-electron chi connectivity index (χ2n) is 8.37. The third kappa shape index (κ3) is 3.86. The molecule has 2 aromatic rings. The highest BCUT2D eigenvalue weighted by atomic mass is 19.3. The van der Waals surface area contributed by atoms with E-state index in [1.54, 1.807) is 0 Å². The SMILES string of the molecule is NC(=O)c1nccc2[nH]c(C3CC(F)(F)CCC3CC3CC(F)(F)C3)cc(=O)c12. The Bertz CT molecular complexity index is 1010. The van der Waals surface area contributed by atoms with Gasteiger partial charge >= 0.3 is 0 Å². The van der Waals surface area contributed by atoms with Crippen LogP contribution in [-0.4, -0.2) is 27.7 Å². The molecular formula is C20H21F4N3O2. The second kappa shape index (κ2) is 6.81. The molecule has 5 nitrogen and oxygen atoms in total. The van der Waals surface area contributed by atoms with Crippen LogP contribution in [0.1, 0.15) is 60.6 Å². The molecule has 2 fully saturated rings. The van der Waals surface area contributed by atoms with Gasteiger partial charge in [0, 0.05) is 49.6 Å². The van der Waals surface area contributed by atoms with Crippen LogP contribution in [0, 0.1) is 11.8 Å². The summed E-state index contributed by atoms with van der Waals surface area (Å²) in [4.78, 5) is 31.0. The number of carbonyl (C=O) groups is 1. The van der Waals surface area contributed by atoms with Gasteiger partial charge in [0.05, 0.1) is 10.9 Å². The normalized spacial score (nSPS) is 26.2. The van der Waals surface area contributed by atoms with Gasteiger partial charge in [-0.3, -0.25) is 14.6 Å². The minimum absolute atomic E-state index is 0.0153. The maximum atomic E-state index is 14.2. The van der Waals surface area contributed by atoms with Crippen molar-refractivity contribution in [3.8, 4) is 0 Å². The molecule has 2 unspecified atom stereocenters. The highest BCUT2D eigenvalue weighted by Gasteiger charge is 2.49. The molecule has 0 radical (unpaired) electrons. The Morgan fingerprint density at radius 3 is 2.59 bits per heavy atom. The number of aromatic nitrogens is 2. The molecule has 29 heavy (non-hydrogen) atoms. The molecule has 0 spiro atoms. The van der Waals surface area contributed by atoms with Gasteiger partial charge < -0.3 is 10.7 Å². The number of nitrogens with one attached hydrogen (secondary N) is 1. The third-order valence-corrected chi connectivity index (χ3v) is 6.18. The number of nitrogens with two attached hydrogens (primary N) is 1. The van der Waals surface area contributed by atoms with Gasteiger partial charge in [-0.05, 0) is 30.7 Å². The number of pyridine rings is 2. The van der Waals surface area contributed by atoms with Crippen molar-refractivity contribution in [3.63, 3.8) is 0 Å². The Morgan fingerprint density at radius 2 is 1.93 bits per heavy atom. The van der Waals surface area contributed by atoms with Gasteiger partial charge in [-0.1, -0.05) is 0 Å². The van der Waals surface area contributed by atoms with Crippen molar-refractivity contribution in [1.29, 1.82) is 0 Å². The summed E-state index contributed by atoms with van der Waals surface area (Å²) in [7, 11) is 0. The van der Waals surface area contributed by atoms with E-state index in [2.05, 4.69) is 9.97 Å². The average molecular weight is 411 g/mol. The molecule has 1 amide bonds. The first kappa shape index (κ1) is 19.8. The smallest absolute Gasteiger partial charge is 0.268 e. The summed E-state index contributed by atoms with van der Waals surface area (Å²) in [5.74, 6) is -7.47. The predicted molar refractivity (Wildman–Crippen MR) is 98.2 cm³/mol. The van der Waals surface area contributed by atoms with Gasteiger partial charge in [0.2, 0.25) is 11.8 Å². The van der Waals surface area contributed by atoms with E-state index in [1.165, 1.54) is 18.3 Å². The lowest BCUT2D eigenvalue weighted by atomic mass is 9.67. The predicted octanol–water partition coefficient (Wildman–Crippen LogP) is 3.98. The maximum absolute atomic E-state index is 14.2. The molecule has 2 aromatic heterocycles. The summed E-state index contributed by atoms with van der Waals surface area (Å²) >= 11 is 0. The zero-order valence-electron chi connectivity index (χ0n) is 15.6. The Kier molecular flexibility index (Phi) is 4.66. The van der Waals surface area contributed by atoms with Crippen molar-refractivity contribution >= 4 is 16.8 Å². The Balaban J connectivity index is 1.70. The Morgan fingerprint density at radius 1 is 1.21 bits per heavy atom. The molecule has 2 aliphatic rings. The van der Waals surface area contributed by atoms with E-state index in [4.69, 9.17) is 5.73 Å². The van der Waals surface area contributed by atoms with Crippen LogP contribution in [-0.2, 0) is 0 Å². The topological polar surface area (TPSA) is 88.8 Å². The number of carbonyl (C=O) groups excluding carboxylic acids is 1. The van der Waals surface area contributed by atoms with Gasteiger partial charge in [0.25, 0.3) is 5.91 Å². The summed E-state index contributed by atoms with van der Waals surface area (Å²) in [5.41, 5.74) is 5.18. The number of primary amides is 1. The van der Waals surface area contributed by atoms with E-state index in [0.29, 0.717) is 17.6 Å². The third-order valence-electron chi connectivity index (χ3n) is 6.18. The van der Waals surface area contributed by atoms with Gasteiger partial charge in [-0.25, -0.2) is 17.6 Å². The fraction of sp³-hybridized carbons (Fsp3) is 0.550. The standard InChI is InChI=1S/C20H21F4N3O2/c21-19(22)3-1-11(5-10-7-20(23,24)8-10)12(9-19)14-6-15(28)16-13(27-14)2-4-26-17(16)18(25)29/h2,4,6,10-12H,1,3,5,7-9H2,(H2,25,29)(H,27,28). The fourth-order valence-electron chi connectivity index (χ4n) is 4.82. The van der Waals surface area contributed by atoms with Crippen LogP contribution >= 0.6 is 0 Å². The quantitative estimate of drug-likeness (QED) is 0.746. The molecule has 0 bridgehead atoms. The number of alkyl halides is 4. The first-order chi connectivity index (χ1) is 13.5. The number of nitrogens with zero attached hydrogens (tertiary/aromatic N) is 1. The lowest BCUT2D eigenvalue weighted by Gasteiger charge is -2.42. The molecule has 156 valence electrons. The largest absolute Gasteiger partial charge is 0.364 e. The lowest BCUT2D eigenvalue weighted by Crippen LogP contribution is -2.39. The van der Waals surface area contributed by atoms with Crippen LogP contribution in [0.2, 0.25) is 0 Å². The number of amides is 1. The van der Waals surface area contributed by atoms with Crippen LogP contribution in [0.5, 0.6) is 0 Å². The molecule has 3 N–H and O–H groups in total. The van der Waals surface area contributed by atoms with E-state index in [-0.39, 0.29) is 48.6 Å². The number of hydrogen-bond donors (Lipinski definition) is 2. The zero-order valence-corrected chi connectivity index (χ0v) is 15.6. The molecule has 2 saturated carbocycles. The van der Waals surface area contributed by atoms with Gasteiger partial charge in [-0.2, -0.15) is 0 Å². The highest BCUT2D eigenvalue weighted by molar-refractivity contribution is 6.03. The monoisotopic (exact) mass is 411 g/mol. The maximum Gasteiger partial charge on any atom is 0.268 e. The Hall–Kier alpha value is -2.45. The summed E-state index contributed by atoms with van der Waals surface area (Å²) in [6, 6.07) is 2.69. The van der Waals surface area contributed by atoms with Crippen molar-refractivity contribution in [3.05, 3.63) is 39.9 Å². The van der Waals surface area contributed by atoms with E-state index < -0.39 is 35.5 Å². The van der Waals surface area contributed by atoms with Crippen LogP contribution < -0.4 is 11.2 Å². The summed E-state index contributed by atoms with van der Waals surface area (Å²) in [6.45, 7) is 0. The van der Waals surface area contributed by atoms with Crippen LogP contribution in [0.3, 0.4) is 0 Å². The van der Waals surface area contributed by atoms with Crippen LogP contribution in [0.15, 0.2) is 23.1 Å². The zero-order chi connectivity index (χ0) is 21.0. The first-order valence-corrected chi connectivity index (χ1v) is 9.62. The summed E-state index contributed by atoms with van der Waals surface area (Å²) in [5, 5.41) is 0.0153.